The van der Waals surface area contributed by atoms with Crippen molar-refractivity contribution in [1.29, 1.82) is 0 Å². The molecule has 0 bridgehead atoms. The molecule has 4 nitrogen and oxygen atoms in total. The van der Waals surface area contributed by atoms with E-state index in [9.17, 15) is 0 Å². The maximum atomic E-state index is 8.62. The predicted octanol–water partition coefficient (Wildman–Crippen LogP) is 1.63. The first kappa shape index (κ1) is 10.8. The molecule has 0 atom stereocenters. The van der Waals surface area contributed by atoms with Gasteiger partial charge in [0.25, 0.3) is 0 Å². The lowest BCUT2D eigenvalue weighted by Gasteiger charge is -2.19. The van der Waals surface area contributed by atoms with E-state index in [1.54, 1.807) is 0 Å². The maximum absolute atomic E-state index is 8.62. The van der Waals surface area contributed by atoms with Gasteiger partial charge in [0.05, 0.1) is 0 Å². The molecule has 1 aliphatic carbocycles. The minimum Gasteiger partial charge on any atom is -0.409 e. The van der Waals surface area contributed by atoms with E-state index in [4.69, 9.17) is 10.9 Å². The average Bonchev–Trinajstić information content (AvgIpc) is 3.12. The molecule has 0 heterocycles. The van der Waals surface area contributed by atoms with Gasteiger partial charge in [-0.2, -0.15) is 0 Å². The first-order valence-electron chi connectivity index (χ1n) is 5.50. The number of hydrogen-bond donors (Lipinski definition) is 2. The number of oxime groups is 1. The van der Waals surface area contributed by atoms with Crippen molar-refractivity contribution in [3.05, 3.63) is 29.8 Å². The third-order valence-corrected chi connectivity index (χ3v) is 2.92. The van der Waals surface area contributed by atoms with Crippen molar-refractivity contribution in [3.63, 3.8) is 0 Å². The van der Waals surface area contributed by atoms with Crippen LogP contribution in [0.4, 0.5) is 5.69 Å². The van der Waals surface area contributed by atoms with Crippen LogP contribution in [0.1, 0.15) is 18.4 Å². The van der Waals surface area contributed by atoms with E-state index in [1.807, 2.05) is 24.3 Å². The van der Waals surface area contributed by atoms with E-state index < -0.39 is 0 Å². The number of anilines is 1. The van der Waals surface area contributed by atoms with Crippen LogP contribution in [0.2, 0.25) is 0 Å². The van der Waals surface area contributed by atoms with Crippen molar-refractivity contribution < 1.29 is 5.21 Å². The van der Waals surface area contributed by atoms with Crippen molar-refractivity contribution in [2.75, 3.05) is 18.5 Å². The summed E-state index contributed by atoms with van der Waals surface area (Å²) in [5, 5.41) is 11.6. The van der Waals surface area contributed by atoms with Crippen molar-refractivity contribution in [2.24, 2.45) is 16.8 Å². The van der Waals surface area contributed by atoms with E-state index in [-0.39, 0.29) is 5.84 Å². The van der Waals surface area contributed by atoms with Crippen molar-refractivity contribution in [3.8, 4) is 0 Å². The number of hydrogen-bond acceptors (Lipinski definition) is 3. The molecule has 0 aliphatic heterocycles. The Labute approximate surface area is 95.4 Å². The average molecular weight is 219 g/mol. The first-order chi connectivity index (χ1) is 7.70. The van der Waals surface area contributed by atoms with Gasteiger partial charge in [-0.1, -0.05) is 17.3 Å². The number of rotatable bonds is 4. The van der Waals surface area contributed by atoms with Gasteiger partial charge in [-0.15, -0.1) is 0 Å². The van der Waals surface area contributed by atoms with Crippen LogP contribution in [-0.4, -0.2) is 24.6 Å². The third kappa shape index (κ3) is 2.45. The quantitative estimate of drug-likeness (QED) is 0.350. The molecular weight excluding hydrogens is 202 g/mol. The monoisotopic (exact) mass is 219 g/mol. The van der Waals surface area contributed by atoms with Crippen LogP contribution in [0, 0.1) is 5.92 Å². The third-order valence-electron chi connectivity index (χ3n) is 2.92. The fourth-order valence-corrected chi connectivity index (χ4v) is 1.75. The molecule has 1 saturated carbocycles. The maximum Gasteiger partial charge on any atom is 0.170 e. The summed E-state index contributed by atoms with van der Waals surface area (Å²) in [5.41, 5.74) is 7.42. The second-order valence-electron chi connectivity index (χ2n) is 4.36. The van der Waals surface area contributed by atoms with Crippen LogP contribution >= 0.6 is 0 Å². The first-order valence-corrected chi connectivity index (χ1v) is 5.50. The van der Waals surface area contributed by atoms with Gasteiger partial charge < -0.3 is 15.8 Å². The summed E-state index contributed by atoms with van der Waals surface area (Å²) in [5.74, 6) is 0.999. The molecule has 0 aromatic heterocycles. The SMILES string of the molecule is CN(CC1CC1)c1cccc(C(N)=NO)c1. The molecule has 0 saturated heterocycles. The molecule has 1 fully saturated rings. The van der Waals surface area contributed by atoms with Gasteiger partial charge in [0.15, 0.2) is 5.84 Å². The van der Waals surface area contributed by atoms with E-state index in [0.29, 0.717) is 0 Å². The summed E-state index contributed by atoms with van der Waals surface area (Å²) in [6.07, 6.45) is 2.68. The fraction of sp³-hybridized carbons (Fsp3) is 0.417. The number of nitrogens with zero attached hydrogens (tertiary/aromatic N) is 2. The molecule has 86 valence electrons. The Morgan fingerprint density at radius 3 is 2.94 bits per heavy atom. The summed E-state index contributed by atoms with van der Waals surface area (Å²) in [4.78, 5) is 2.21. The van der Waals surface area contributed by atoms with Crippen LogP contribution in [-0.2, 0) is 0 Å². The number of benzene rings is 1. The molecule has 4 heteroatoms. The molecule has 0 amide bonds. The lowest BCUT2D eigenvalue weighted by Crippen LogP contribution is -2.21. The summed E-state index contributed by atoms with van der Waals surface area (Å²) >= 11 is 0. The van der Waals surface area contributed by atoms with Gasteiger partial charge in [-0.3, -0.25) is 0 Å². The molecular formula is C12H17N3O. The van der Waals surface area contributed by atoms with Gasteiger partial charge in [-0.25, -0.2) is 0 Å². The molecule has 2 rings (SSSR count). The molecule has 1 aliphatic rings. The largest absolute Gasteiger partial charge is 0.409 e. The fourth-order valence-electron chi connectivity index (χ4n) is 1.75. The standard InChI is InChI=1S/C12H17N3O/c1-15(8-9-5-6-9)11-4-2-3-10(7-11)12(13)14-16/h2-4,7,9,16H,5-6,8H2,1H3,(H2,13,14). The molecule has 0 unspecified atom stereocenters. The second kappa shape index (κ2) is 4.43. The van der Waals surface area contributed by atoms with Crippen LogP contribution in [0.25, 0.3) is 0 Å². The summed E-state index contributed by atoms with van der Waals surface area (Å²) in [7, 11) is 2.07. The Morgan fingerprint density at radius 1 is 1.56 bits per heavy atom. The normalized spacial score (nSPS) is 16.2. The molecule has 1 aromatic rings. The minimum absolute atomic E-state index is 0.154. The molecule has 16 heavy (non-hydrogen) atoms. The zero-order chi connectivity index (χ0) is 11.5. The highest BCUT2D eigenvalue weighted by molar-refractivity contribution is 5.97. The van der Waals surface area contributed by atoms with Gasteiger partial charge in [0, 0.05) is 24.8 Å². The zero-order valence-electron chi connectivity index (χ0n) is 9.43. The van der Waals surface area contributed by atoms with Crippen LogP contribution in [0.5, 0.6) is 0 Å². The van der Waals surface area contributed by atoms with Gasteiger partial charge >= 0.3 is 0 Å². The van der Waals surface area contributed by atoms with Crippen LogP contribution in [0.15, 0.2) is 29.4 Å². The van der Waals surface area contributed by atoms with Gasteiger partial charge in [0.1, 0.15) is 0 Å². The van der Waals surface area contributed by atoms with E-state index in [2.05, 4.69) is 17.1 Å². The Morgan fingerprint density at radius 2 is 2.31 bits per heavy atom. The highest BCUT2D eigenvalue weighted by atomic mass is 16.4. The number of nitrogens with two attached hydrogens (primary N) is 1. The molecule has 0 radical (unpaired) electrons. The lowest BCUT2D eigenvalue weighted by molar-refractivity contribution is 0.318. The second-order valence-corrected chi connectivity index (χ2v) is 4.36. The summed E-state index contributed by atoms with van der Waals surface area (Å²) in [6.45, 7) is 1.08. The molecule has 1 aromatic carbocycles. The highest BCUT2D eigenvalue weighted by Crippen LogP contribution is 2.30. The van der Waals surface area contributed by atoms with E-state index in [0.717, 1.165) is 23.7 Å². The Kier molecular flexibility index (Phi) is 2.99. The zero-order valence-corrected chi connectivity index (χ0v) is 9.43. The minimum atomic E-state index is 0.154. The van der Waals surface area contributed by atoms with Gasteiger partial charge in [-0.05, 0) is 30.9 Å². The Bertz CT molecular complexity index is 399. The Balaban J connectivity index is 2.13. The molecule has 3 N–H and O–H groups in total. The number of amidine groups is 1. The van der Waals surface area contributed by atoms with Crippen molar-refractivity contribution in [2.45, 2.75) is 12.8 Å². The summed E-state index contributed by atoms with van der Waals surface area (Å²) < 4.78 is 0. The lowest BCUT2D eigenvalue weighted by atomic mass is 10.1. The Hall–Kier alpha value is -1.71. The van der Waals surface area contributed by atoms with E-state index >= 15 is 0 Å². The van der Waals surface area contributed by atoms with Crippen molar-refractivity contribution >= 4 is 11.5 Å². The van der Waals surface area contributed by atoms with Crippen molar-refractivity contribution in [1.82, 2.24) is 0 Å². The van der Waals surface area contributed by atoms with Gasteiger partial charge in [0.2, 0.25) is 0 Å². The smallest absolute Gasteiger partial charge is 0.170 e. The van der Waals surface area contributed by atoms with Crippen LogP contribution in [0.3, 0.4) is 0 Å². The van der Waals surface area contributed by atoms with Crippen LogP contribution < -0.4 is 10.6 Å². The molecule has 0 spiro atoms. The topological polar surface area (TPSA) is 61.8 Å². The highest BCUT2D eigenvalue weighted by Gasteiger charge is 2.23. The van der Waals surface area contributed by atoms with E-state index in [1.165, 1.54) is 12.8 Å². The predicted molar refractivity (Wildman–Crippen MR) is 64.9 cm³/mol. The summed E-state index contributed by atoms with van der Waals surface area (Å²) in [6, 6.07) is 7.74.